The van der Waals surface area contributed by atoms with Gasteiger partial charge in [-0.25, -0.2) is 0 Å². The lowest BCUT2D eigenvalue weighted by atomic mass is 10.1. The number of para-hydroxylation sites is 2. The van der Waals surface area contributed by atoms with Gasteiger partial charge in [0.2, 0.25) is 5.91 Å². The quantitative estimate of drug-likeness (QED) is 0.586. The highest BCUT2D eigenvalue weighted by Crippen LogP contribution is 2.31. The van der Waals surface area contributed by atoms with Gasteiger partial charge in [-0.05, 0) is 29.7 Å². The van der Waals surface area contributed by atoms with E-state index in [1.54, 1.807) is 14.2 Å². The molecule has 1 fully saturated rings. The normalized spacial score (nSPS) is 14.6. The second-order valence-corrected chi connectivity index (χ2v) is 7.80. The average molecular weight is 420 g/mol. The molecule has 2 heterocycles. The third-order valence-electron chi connectivity index (χ3n) is 5.93. The van der Waals surface area contributed by atoms with Gasteiger partial charge in [0.05, 0.1) is 19.7 Å². The Labute approximate surface area is 183 Å². The minimum Gasteiger partial charge on any atom is -0.493 e. The van der Waals surface area contributed by atoms with Crippen molar-refractivity contribution in [1.29, 1.82) is 0 Å². The summed E-state index contributed by atoms with van der Waals surface area (Å²) in [6, 6.07) is 16.2. The maximum absolute atomic E-state index is 12.8. The van der Waals surface area contributed by atoms with E-state index in [2.05, 4.69) is 34.1 Å². The summed E-state index contributed by atoms with van der Waals surface area (Å²) in [7, 11) is 3.26. The van der Waals surface area contributed by atoms with Crippen molar-refractivity contribution in [1.82, 2.24) is 14.8 Å². The summed E-state index contributed by atoms with van der Waals surface area (Å²) in [5.74, 6) is 1.60. The van der Waals surface area contributed by atoms with Crippen LogP contribution in [0.3, 0.4) is 0 Å². The largest absolute Gasteiger partial charge is 0.493 e. The highest BCUT2D eigenvalue weighted by Gasteiger charge is 2.22. The summed E-state index contributed by atoms with van der Waals surface area (Å²) >= 11 is 0. The van der Waals surface area contributed by atoms with E-state index in [1.807, 2.05) is 35.4 Å². The lowest BCUT2D eigenvalue weighted by Gasteiger charge is -2.35. The molecule has 1 aliphatic heterocycles. The van der Waals surface area contributed by atoms with E-state index >= 15 is 0 Å². The Bertz CT molecular complexity index is 1040. The van der Waals surface area contributed by atoms with Gasteiger partial charge >= 0.3 is 0 Å². The van der Waals surface area contributed by atoms with Crippen molar-refractivity contribution in [2.75, 3.05) is 40.4 Å². The number of nitrogens with zero attached hydrogens (tertiary/aromatic N) is 3. The van der Waals surface area contributed by atoms with Gasteiger partial charge in [-0.15, -0.1) is 0 Å². The standard InChI is InChI=1S/C25H29N3O3/c1-30-22-10-4-7-20(25(22)31-2)11-12-23(29)28-16-14-27(15-17-28)18-21-8-3-6-19-9-5-13-26-24(19)21/h3-10,13H,11-12,14-18H2,1-2H3. The molecule has 1 aliphatic rings. The number of rotatable bonds is 7. The maximum Gasteiger partial charge on any atom is 0.222 e. The Kier molecular flexibility index (Phi) is 6.67. The molecule has 0 saturated carbocycles. The Morgan fingerprint density at radius 2 is 1.68 bits per heavy atom. The van der Waals surface area contributed by atoms with E-state index in [9.17, 15) is 4.79 Å². The van der Waals surface area contributed by atoms with Crippen molar-refractivity contribution >= 4 is 16.8 Å². The van der Waals surface area contributed by atoms with Gasteiger partial charge in [0.25, 0.3) is 0 Å². The highest BCUT2D eigenvalue weighted by atomic mass is 16.5. The number of hydrogen-bond acceptors (Lipinski definition) is 5. The molecular weight excluding hydrogens is 390 g/mol. The van der Waals surface area contributed by atoms with Crippen molar-refractivity contribution in [2.24, 2.45) is 0 Å². The fraction of sp³-hybridized carbons (Fsp3) is 0.360. The highest BCUT2D eigenvalue weighted by molar-refractivity contribution is 5.81. The van der Waals surface area contributed by atoms with Crippen molar-refractivity contribution in [2.45, 2.75) is 19.4 Å². The molecule has 0 spiro atoms. The van der Waals surface area contributed by atoms with Crippen LogP contribution >= 0.6 is 0 Å². The molecule has 2 aromatic carbocycles. The van der Waals surface area contributed by atoms with Crippen LogP contribution in [0, 0.1) is 0 Å². The number of carbonyl (C=O) groups is 1. The fourth-order valence-electron chi connectivity index (χ4n) is 4.24. The molecule has 31 heavy (non-hydrogen) atoms. The summed E-state index contributed by atoms with van der Waals surface area (Å²) in [6.07, 6.45) is 2.96. The van der Waals surface area contributed by atoms with Gasteiger partial charge in [-0.2, -0.15) is 0 Å². The van der Waals surface area contributed by atoms with Gasteiger partial charge in [-0.3, -0.25) is 14.7 Å². The van der Waals surface area contributed by atoms with Gasteiger partial charge in [-0.1, -0.05) is 36.4 Å². The molecule has 6 nitrogen and oxygen atoms in total. The molecular formula is C25H29N3O3. The number of aromatic nitrogens is 1. The number of carbonyl (C=O) groups excluding carboxylic acids is 1. The first-order valence-corrected chi connectivity index (χ1v) is 10.7. The Hall–Kier alpha value is -3.12. The maximum atomic E-state index is 12.8. The predicted molar refractivity (Wildman–Crippen MR) is 121 cm³/mol. The van der Waals surface area contributed by atoms with Crippen molar-refractivity contribution < 1.29 is 14.3 Å². The summed E-state index contributed by atoms with van der Waals surface area (Å²) in [5.41, 5.74) is 3.30. The minimum atomic E-state index is 0.191. The van der Waals surface area contributed by atoms with Crippen LogP contribution < -0.4 is 9.47 Å². The molecule has 1 aromatic heterocycles. The topological polar surface area (TPSA) is 54.9 Å². The lowest BCUT2D eigenvalue weighted by Crippen LogP contribution is -2.48. The molecule has 3 aromatic rings. The summed E-state index contributed by atoms with van der Waals surface area (Å²) in [4.78, 5) is 21.7. The zero-order chi connectivity index (χ0) is 21.6. The van der Waals surface area contributed by atoms with E-state index in [0.29, 0.717) is 24.3 Å². The second-order valence-electron chi connectivity index (χ2n) is 7.80. The van der Waals surface area contributed by atoms with E-state index in [4.69, 9.17) is 9.47 Å². The minimum absolute atomic E-state index is 0.191. The number of amides is 1. The lowest BCUT2D eigenvalue weighted by molar-refractivity contribution is -0.133. The molecule has 1 amide bonds. The number of fused-ring (bicyclic) bond motifs is 1. The summed E-state index contributed by atoms with van der Waals surface area (Å²) in [5, 5.41) is 1.17. The zero-order valence-electron chi connectivity index (χ0n) is 18.2. The van der Waals surface area contributed by atoms with Gasteiger partial charge in [0, 0.05) is 50.7 Å². The summed E-state index contributed by atoms with van der Waals surface area (Å²) in [6.45, 7) is 4.12. The monoisotopic (exact) mass is 419 g/mol. The Morgan fingerprint density at radius 1 is 0.935 bits per heavy atom. The van der Waals surface area contributed by atoms with E-state index in [1.165, 1.54) is 10.9 Å². The molecule has 0 unspecified atom stereocenters. The first-order valence-electron chi connectivity index (χ1n) is 10.7. The first kappa shape index (κ1) is 21.1. The number of aryl methyl sites for hydroxylation is 1. The predicted octanol–water partition coefficient (Wildman–Crippen LogP) is 3.53. The van der Waals surface area contributed by atoms with E-state index < -0.39 is 0 Å². The molecule has 0 atom stereocenters. The number of pyridine rings is 1. The van der Waals surface area contributed by atoms with Crippen LogP contribution in [0.15, 0.2) is 54.7 Å². The van der Waals surface area contributed by atoms with Crippen LogP contribution in [0.25, 0.3) is 10.9 Å². The van der Waals surface area contributed by atoms with Crippen LogP contribution in [-0.4, -0.2) is 61.1 Å². The number of methoxy groups -OCH3 is 2. The third-order valence-corrected chi connectivity index (χ3v) is 5.93. The van der Waals surface area contributed by atoms with Gasteiger partial charge in [0.15, 0.2) is 11.5 Å². The average Bonchev–Trinajstić information content (AvgIpc) is 2.83. The molecule has 6 heteroatoms. The molecule has 162 valence electrons. The van der Waals surface area contributed by atoms with Crippen LogP contribution in [-0.2, 0) is 17.8 Å². The van der Waals surface area contributed by atoms with Crippen molar-refractivity contribution in [3.8, 4) is 11.5 Å². The molecule has 0 aliphatic carbocycles. The van der Waals surface area contributed by atoms with Crippen LogP contribution in [0.5, 0.6) is 11.5 Å². The zero-order valence-corrected chi connectivity index (χ0v) is 18.2. The van der Waals surface area contributed by atoms with Crippen LogP contribution in [0.4, 0.5) is 0 Å². The van der Waals surface area contributed by atoms with E-state index in [0.717, 1.165) is 43.8 Å². The van der Waals surface area contributed by atoms with Crippen molar-refractivity contribution in [3.63, 3.8) is 0 Å². The number of ether oxygens (including phenoxy) is 2. The van der Waals surface area contributed by atoms with Crippen molar-refractivity contribution in [3.05, 3.63) is 65.9 Å². The van der Waals surface area contributed by atoms with Gasteiger partial charge in [0.1, 0.15) is 0 Å². The fourth-order valence-corrected chi connectivity index (χ4v) is 4.24. The van der Waals surface area contributed by atoms with E-state index in [-0.39, 0.29) is 5.91 Å². The van der Waals surface area contributed by atoms with Crippen LogP contribution in [0.2, 0.25) is 0 Å². The van der Waals surface area contributed by atoms with Gasteiger partial charge < -0.3 is 14.4 Å². The number of benzene rings is 2. The molecule has 0 radical (unpaired) electrons. The third kappa shape index (κ3) is 4.80. The molecule has 1 saturated heterocycles. The second kappa shape index (κ2) is 9.79. The molecule has 0 bridgehead atoms. The number of hydrogen-bond donors (Lipinski definition) is 0. The smallest absolute Gasteiger partial charge is 0.222 e. The summed E-state index contributed by atoms with van der Waals surface area (Å²) < 4.78 is 10.8. The Balaban J connectivity index is 1.31. The molecule has 4 rings (SSSR count). The SMILES string of the molecule is COc1cccc(CCC(=O)N2CCN(Cc3cccc4cccnc34)CC2)c1OC. The number of piperazine rings is 1. The van der Waals surface area contributed by atoms with Crippen LogP contribution in [0.1, 0.15) is 17.5 Å². The first-order chi connectivity index (χ1) is 15.2. The Morgan fingerprint density at radius 3 is 2.45 bits per heavy atom. The molecule has 0 N–H and O–H groups in total.